The highest BCUT2D eigenvalue weighted by molar-refractivity contribution is 6.32. The van der Waals surface area contributed by atoms with Gasteiger partial charge in [0.15, 0.2) is 11.0 Å². The summed E-state index contributed by atoms with van der Waals surface area (Å²) in [5.74, 6) is 0.735. The Morgan fingerprint density at radius 2 is 1.81 bits per heavy atom. The van der Waals surface area contributed by atoms with Crippen molar-refractivity contribution in [2.75, 3.05) is 41.7 Å². The summed E-state index contributed by atoms with van der Waals surface area (Å²) in [6, 6.07) is 8.58. The highest BCUT2D eigenvalue weighted by Crippen LogP contribution is 2.27. The Balaban J connectivity index is 1.72. The fourth-order valence-corrected chi connectivity index (χ4v) is 2.75. The van der Waals surface area contributed by atoms with Gasteiger partial charge in [-0.25, -0.2) is 9.97 Å². The van der Waals surface area contributed by atoms with Crippen LogP contribution < -0.4 is 15.5 Å². The second-order valence-electron chi connectivity index (χ2n) is 5.21. The van der Waals surface area contributed by atoms with Crippen LogP contribution in [0.2, 0.25) is 5.15 Å². The summed E-state index contributed by atoms with van der Waals surface area (Å²) in [6.45, 7) is 5.72. The second-order valence-corrected chi connectivity index (χ2v) is 5.57. The second kappa shape index (κ2) is 5.77. The van der Waals surface area contributed by atoms with Gasteiger partial charge in [0.05, 0.1) is 0 Å². The maximum atomic E-state index is 5.97. The Hall–Kier alpha value is -2.01. The maximum Gasteiger partial charge on any atom is 0.157 e. The van der Waals surface area contributed by atoms with Crippen LogP contribution in [0.25, 0.3) is 0 Å². The van der Waals surface area contributed by atoms with Gasteiger partial charge in [0, 0.05) is 31.9 Å². The molecule has 0 atom stereocenters. The molecule has 2 N–H and O–H groups in total. The van der Waals surface area contributed by atoms with Crippen LogP contribution in [-0.2, 0) is 0 Å². The predicted molar refractivity (Wildman–Crippen MR) is 87.1 cm³/mol. The first-order valence-electron chi connectivity index (χ1n) is 6.97. The van der Waals surface area contributed by atoms with Crippen LogP contribution in [0.4, 0.5) is 17.2 Å². The SMILES string of the molecule is Cc1cccc(N2CCN(c3ncnc(Cl)c3N)CC2)c1. The van der Waals surface area contributed by atoms with Crippen molar-refractivity contribution in [3.05, 3.63) is 41.3 Å². The number of rotatable bonds is 2. The highest BCUT2D eigenvalue weighted by atomic mass is 35.5. The van der Waals surface area contributed by atoms with E-state index in [0.717, 1.165) is 32.0 Å². The lowest BCUT2D eigenvalue weighted by Crippen LogP contribution is -2.47. The zero-order valence-electron chi connectivity index (χ0n) is 12.0. The maximum absolute atomic E-state index is 5.97. The van der Waals surface area contributed by atoms with Crippen LogP contribution in [0, 0.1) is 6.92 Å². The number of hydrogen-bond donors (Lipinski definition) is 1. The number of aromatic nitrogens is 2. The molecule has 0 unspecified atom stereocenters. The molecular weight excluding hydrogens is 286 g/mol. The topological polar surface area (TPSA) is 58.3 Å². The highest BCUT2D eigenvalue weighted by Gasteiger charge is 2.21. The summed E-state index contributed by atoms with van der Waals surface area (Å²) in [4.78, 5) is 12.7. The smallest absolute Gasteiger partial charge is 0.157 e. The molecule has 0 saturated carbocycles. The van der Waals surface area contributed by atoms with Gasteiger partial charge in [0.1, 0.15) is 12.0 Å². The molecule has 3 rings (SSSR count). The van der Waals surface area contributed by atoms with Gasteiger partial charge in [0.25, 0.3) is 0 Å². The first-order chi connectivity index (χ1) is 10.1. The number of benzene rings is 1. The number of anilines is 3. The zero-order chi connectivity index (χ0) is 14.8. The van der Waals surface area contributed by atoms with Gasteiger partial charge >= 0.3 is 0 Å². The summed E-state index contributed by atoms with van der Waals surface area (Å²) >= 11 is 5.96. The van der Waals surface area contributed by atoms with Gasteiger partial charge in [-0.2, -0.15) is 0 Å². The molecule has 2 heterocycles. The number of aryl methyl sites for hydroxylation is 1. The van der Waals surface area contributed by atoms with E-state index in [4.69, 9.17) is 17.3 Å². The monoisotopic (exact) mass is 303 g/mol. The Bertz CT molecular complexity index is 638. The quantitative estimate of drug-likeness (QED) is 0.863. The van der Waals surface area contributed by atoms with Crippen molar-refractivity contribution in [3.8, 4) is 0 Å². The third-order valence-electron chi connectivity index (χ3n) is 3.76. The molecule has 1 aliphatic rings. The molecule has 0 spiro atoms. The molecule has 1 aromatic heterocycles. The van der Waals surface area contributed by atoms with E-state index in [1.165, 1.54) is 17.6 Å². The van der Waals surface area contributed by atoms with Crippen LogP contribution in [0.3, 0.4) is 0 Å². The Labute approximate surface area is 129 Å². The van der Waals surface area contributed by atoms with E-state index in [1.807, 2.05) is 0 Å². The first kappa shape index (κ1) is 13.9. The third kappa shape index (κ3) is 2.88. The van der Waals surface area contributed by atoms with Gasteiger partial charge in [0.2, 0.25) is 0 Å². The fourth-order valence-electron chi connectivity index (χ4n) is 2.62. The number of piperazine rings is 1. The standard InChI is InChI=1S/C15H18ClN5/c1-11-3-2-4-12(9-11)20-5-7-21(8-6-20)15-13(17)14(16)18-10-19-15/h2-4,9-10H,5-8,17H2,1H3. The van der Waals surface area contributed by atoms with Crippen molar-refractivity contribution >= 4 is 28.8 Å². The summed E-state index contributed by atoms with van der Waals surface area (Å²) in [5, 5.41) is 0.320. The molecule has 110 valence electrons. The number of halogens is 1. The van der Waals surface area contributed by atoms with E-state index in [2.05, 4.69) is 51.0 Å². The Morgan fingerprint density at radius 1 is 1.10 bits per heavy atom. The van der Waals surface area contributed by atoms with E-state index in [-0.39, 0.29) is 0 Å². The van der Waals surface area contributed by atoms with Crippen molar-refractivity contribution in [2.24, 2.45) is 0 Å². The Morgan fingerprint density at radius 3 is 2.52 bits per heavy atom. The summed E-state index contributed by atoms with van der Waals surface area (Å²) in [6.07, 6.45) is 1.46. The molecule has 1 saturated heterocycles. The molecule has 0 bridgehead atoms. The molecule has 1 aromatic carbocycles. The molecule has 5 nitrogen and oxygen atoms in total. The van der Waals surface area contributed by atoms with Crippen molar-refractivity contribution in [2.45, 2.75) is 6.92 Å². The minimum absolute atomic E-state index is 0.320. The van der Waals surface area contributed by atoms with Gasteiger partial charge in [-0.15, -0.1) is 0 Å². The Kier molecular flexibility index (Phi) is 3.84. The molecule has 0 aliphatic carbocycles. The molecule has 0 radical (unpaired) electrons. The van der Waals surface area contributed by atoms with Crippen molar-refractivity contribution in [3.63, 3.8) is 0 Å². The van der Waals surface area contributed by atoms with Crippen molar-refractivity contribution in [1.82, 2.24) is 9.97 Å². The van der Waals surface area contributed by atoms with Gasteiger partial charge in [-0.3, -0.25) is 0 Å². The van der Waals surface area contributed by atoms with Crippen molar-refractivity contribution < 1.29 is 0 Å². The van der Waals surface area contributed by atoms with E-state index in [1.54, 1.807) is 0 Å². The number of hydrogen-bond acceptors (Lipinski definition) is 5. The summed E-state index contributed by atoms with van der Waals surface area (Å²) < 4.78 is 0. The van der Waals surface area contributed by atoms with Crippen LogP contribution in [0.1, 0.15) is 5.56 Å². The molecule has 6 heteroatoms. The van der Waals surface area contributed by atoms with Gasteiger partial charge < -0.3 is 15.5 Å². The molecule has 2 aromatic rings. The normalized spacial score (nSPS) is 15.3. The van der Waals surface area contributed by atoms with Crippen LogP contribution in [0.5, 0.6) is 0 Å². The average molecular weight is 304 g/mol. The number of nitrogens with zero attached hydrogens (tertiary/aromatic N) is 4. The van der Waals surface area contributed by atoms with Gasteiger partial charge in [-0.05, 0) is 24.6 Å². The summed E-state index contributed by atoms with van der Waals surface area (Å²) in [7, 11) is 0. The first-order valence-corrected chi connectivity index (χ1v) is 7.35. The summed E-state index contributed by atoms with van der Waals surface area (Å²) in [5.41, 5.74) is 8.97. The molecular formula is C15H18ClN5. The van der Waals surface area contributed by atoms with E-state index < -0.39 is 0 Å². The zero-order valence-corrected chi connectivity index (χ0v) is 12.7. The van der Waals surface area contributed by atoms with Crippen LogP contribution in [-0.4, -0.2) is 36.1 Å². The van der Waals surface area contributed by atoms with E-state index in [0.29, 0.717) is 10.8 Å². The molecule has 0 amide bonds. The lowest BCUT2D eigenvalue weighted by molar-refractivity contribution is 0.647. The molecule has 1 aliphatic heterocycles. The van der Waals surface area contributed by atoms with Gasteiger partial charge in [-0.1, -0.05) is 23.7 Å². The van der Waals surface area contributed by atoms with Crippen LogP contribution in [0.15, 0.2) is 30.6 Å². The minimum Gasteiger partial charge on any atom is -0.393 e. The van der Waals surface area contributed by atoms with E-state index in [9.17, 15) is 0 Å². The minimum atomic E-state index is 0.320. The average Bonchev–Trinajstić information content (AvgIpc) is 2.50. The lowest BCUT2D eigenvalue weighted by Gasteiger charge is -2.37. The third-order valence-corrected chi connectivity index (χ3v) is 4.06. The largest absolute Gasteiger partial charge is 0.393 e. The fraction of sp³-hybridized carbons (Fsp3) is 0.333. The van der Waals surface area contributed by atoms with Crippen LogP contribution >= 0.6 is 11.6 Å². The number of nitrogen functional groups attached to an aromatic ring is 1. The molecule has 21 heavy (non-hydrogen) atoms. The molecule has 1 fully saturated rings. The number of nitrogens with two attached hydrogens (primary N) is 1. The predicted octanol–water partition coefficient (Wildman–Crippen LogP) is 2.35. The van der Waals surface area contributed by atoms with Crippen molar-refractivity contribution in [1.29, 1.82) is 0 Å². The van der Waals surface area contributed by atoms with E-state index >= 15 is 0 Å². The lowest BCUT2D eigenvalue weighted by atomic mass is 10.2.